The van der Waals surface area contributed by atoms with Crippen molar-refractivity contribution < 1.29 is 29.0 Å². The molecular formula is C22H33N5O6. The number of urea groups is 1. The summed E-state index contributed by atoms with van der Waals surface area (Å²) in [6.45, 7) is 7.03. The second-order valence-electron chi connectivity index (χ2n) is 7.59. The maximum absolute atomic E-state index is 12.9. The highest BCUT2D eigenvalue weighted by atomic mass is 16.5. The monoisotopic (exact) mass is 463 g/mol. The summed E-state index contributed by atoms with van der Waals surface area (Å²) >= 11 is 0. The summed E-state index contributed by atoms with van der Waals surface area (Å²) in [4.78, 5) is 48.5. The summed E-state index contributed by atoms with van der Waals surface area (Å²) in [5.41, 5.74) is 6.22. The zero-order valence-electron chi connectivity index (χ0n) is 18.9. The second-order valence-corrected chi connectivity index (χ2v) is 7.59. The van der Waals surface area contributed by atoms with Crippen LogP contribution < -0.4 is 27.0 Å². The lowest BCUT2D eigenvalue weighted by molar-refractivity contribution is -0.128. The van der Waals surface area contributed by atoms with Crippen LogP contribution in [0.4, 0.5) is 15.3 Å². The average molecular weight is 464 g/mol. The normalized spacial score (nSPS) is 12.2. The van der Waals surface area contributed by atoms with Crippen molar-refractivity contribution in [2.75, 3.05) is 18.5 Å². The molecule has 0 aromatic heterocycles. The Morgan fingerprint density at radius 2 is 1.79 bits per heavy atom. The number of aliphatic hydroxyl groups excluding tert-OH is 1. The van der Waals surface area contributed by atoms with E-state index in [1.807, 2.05) is 0 Å². The third-order valence-electron chi connectivity index (χ3n) is 4.56. The number of anilines is 1. The fourth-order valence-corrected chi connectivity index (χ4v) is 2.81. The van der Waals surface area contributed by atoms with E-state index in [0.29, 0.717) is 17.7 Å². The number of rotatable bonds is 13. The van der Waals surface area contributed by atoms with Crippen LogP contribution in [0.2, 0.25) is 0 Å². The molecule has 0 spiro atoms. The van der Waals surface area contributed by atoms with E-state index in [1.54, 1.807) is 38.1 Å². The molecule has 0 fully saturated rings. The van der Waals surface area contributed by atoms with Crippen LogP contribution in [0.1, 0.15) is 32.3 Å². The lowest BCUT2D eigenvalue weighted by atomic mass is 10.0. The summed E-state index contributed by atoms with van der Waals surface area (Å²) in [6.07, 6.45) is 1.20. The van der Waals surface area contributed by atoms with E-state index in [-0.39, 0.29) is 32.1 Å². The Bertz CT molecular complexity index is 812. The fourth-order valence-electron chi connectivity index (χ4n) is 2.81. The van der Waals surface area contributed by atoms with Crippen LogP contribution in [-0.2, 0) is 20.9 Å². The van der Waals surface area contributed by atoms with Crippen molar-refractivity contribution in [2.45, 2.75) is 45.4 Å². The van der Waals surface area contributed by atoms with Gasteiger partial charge in [0.25, 0.3) is 0 Å². The SMILES string of the molecule is C=CCOC(=O)N[C@H](C(=O)N[C@@H](CCCNC(N)=O)C(=O)Nc1ccc(CO)cc1)C(C)C. The molecule has 33 heavy (non-hydrogen) atoms. The molecule has 182 valence electrons. The molecule has 0 heterocycles. The molecule has 0 aliphatic heterocycles. The number of benzene rings is 1. The Balaban J connectivity index is 2.89. The Morgan fingerprint density at radius 1 is 1.12 bits per heavy atom. The van der Waals surface area contributed by atoms with Gasteiger partial charge in [-0.15, -0.1) is 0 Å². The zero-order chi connectivity index (χ0) is 24.8. The van der Waals surface area contributed by atoms with E-state index >= 15 is 0 Å². The summed E-state index contributed by atoms with van der Waals surface area (Å²) < 4.78 is 4.88. The fraction of sp³-hybridized carbons (Fsp3) is 0.455. The highest BCUT2D eigenvalue weighted by Gasteiger charge is 2.29. The van der Waals surface area contributed by atoms with Crippen LogP contribution in [0.3, 0.4) is 0 Å². The maximum atomic E-state index is 12.9. The van der Waals surface area contributed by atoms with Crippen LogP contribution >= 0.6 is 0 Å². The standard InChI is InChI=1S/C22H33N5O6/c1-4-12-33-22(32)27-18(14(2)3)20(30)26-17(6-5-11-24-21(23)31)19(29)25-16-9-7-15(13-28)8-10-16/h4,7-10,14,17-18,28H,1,5-6,11-13H2,2-3H3,(H,25,29)(H,26,30)(H,27,32)(H3,23,24,31)/t17-,18-/m0/s1. The van der Waals surface area contributed by atoms with Crippen LogP contribution in [0, 0.1) is 5.92 Å². The van der Waals surface area contributed by atoms with Crippen LogP contribution in [0.15, 0.2) is 36.9 Å². The largest absolute Gasteiger partial charge is 0.445 e. The number of carbonyl (C=O) groups is 4. The van der Waals surface area contributed by atoms with Gasteiger partial charge >= 0.3 is 12.1 Å². The van der Waals surface area contributed by atoms with Gasteiger partial charge in [0, 0.05) is 12.2 Å². The quantitative estimate of drug-likeness (QED) is 0.188. The molecule has 0 aliphatic rings. The van der Waals surface area contributed by atoms with Crippen molar-refractivity contribution >= 4 is 29.6 Å². The van der Waals surface area contributed by atoms with E-state index in [0.717, 1.165) is 0 Å². The summed E-state index contributed by atoms with van der Waals surface area (Å²) in [5.74, 6) is -1.32. The molecule has 1 rings (SSSR count). The molecule has 11 heteroatoms. The molecular weight excluding hydrogens is 430 g/mol. The summed E-state index contributed by atoms with van der Waals surface area (Å²) in [6, 6.07) is 4.00. The lowest BCUT2D eigenvalue weighted by Crippen LogP contribution is -2.54. The molecule has 2 atom stereocenters. The smallest absolute Gasteiger partial charge is 0.408 e. The molecule has 0 unspecified atom stereocenters. The van der Waals surface area contributed by atoms with Crippen LogP contribution in [-0.4, -0.2) is 54.3 Å². The first-order chi connectivity index (χ1) is 15.7. The third-order valence-corrected chi connectivity index (χ3v) is 4.56. The van der Waals surface area contributed by atoms with Gasteiger partial charge in [-0.1, -0.05) is 38.6 Å². The molecule has 1 aromatic carbocycles. The van der Waals surface area contributed by atoms with E-state index in [9.17, 15) is 19.2 Å². The van der Waals surface area contributed by atoms with Crippen molar-refractivity contribution in [1.82, 2.24) is 16.0 Å². The Kier molecular flexibility index (Phi) is 12.0. The van der Waals surface area contributed by atoms with Gasteiger partial charge in [0.1, 0.15) is 18.7 Å². The van der Waals surface area contributed by atoms with Crippen molar-refractivity contribution in [2.24, 2.45) is 11.7 Å². The van der Waals surface area contributed by atoms with E-state index in [1.165, 1.54) is 6.08 Å². The van der Waals surface area contributed by atoms with E-state index < -0.39 is 36.0 Å². The number of ether oxygens (including phenoxy) is 1. The first kappa shape index (κ1) is 27.4. The Labute approximate surface area is 193 Å². The zero-order valence-corrected chi connectivity index (χ0v) is 18.9. The molecule has 0 saturated carbocycles. The first-order valence-electron chi connectivity index (χ1n) is 10.6. The number of carbonyl (C=O) groups excluding carboxylic acids is 4. The van der Waals surface area contributed by atoms with E-state index in [2.05, 4.69) is 27.8 Å². The number of aliphatic hydroxyl groups is 1. The van der Waals surface area contributed by atoms with Gasteiger partial charge in [-0.2, -0.15) is 0 Å². The highest BCUT2D eigenvalue weighted by molar-refractivity contribution is 5.98. The van der Waals surface area contributed by atoms with Crippen molar-refractivity contribution in [3.63, 3.8) is 0 Å². The van der Waals surface area contributed by atoms with Gasteiger partial charge in [0.2, 0.25) is 11.8 Å². The first-order valence-corrected chi connectivity index (χ1v) is 10.6. The molecule has 1 aromatic rings. The predicted molar refractivity (Wildman–Crippen MR) is 123 cm³/mol. The van der Waals surface area contributed by atoms with E-state index in [4.69, 9.17) is 15.6 Å². The van der Waals surface area contributed by atoms with Gasteiger partial charge < -0.3 is 36.8 Å². The Morgan fingerprint density at radius 3 is 2.33 bits per heavy atom. The minimum absolute atomic E-state index is 0.00870. The topological polar surface area (TPSA) is 172 Å². The van der Waals surface area contributed by atoms with Crippen molar-refractivity contribution in [1.29, 1.82) is 0 Å². The number of hydrogen-bond acceptors (Lipinski definition) is 6. The van der Waals surface area contributed by atoms with Crippen LogP contribution in [0.25, 0.3) is 0 Å². The minimum Gasteiger partial charge on any atom is -0.445 e. The number of nitrogens with two attached hydrogens (primary N) is 1. The van der Waals surface area contributed by atoms with Gasteiger partial charge in [0.15, 0.2) is 0 Å². The predicted octanol–water partition coefficient (Wildman–Crippen LogP) is 0.988. The number of hydrogen-bond donors (Lipinski definition) is 6. The molecule has 0 bridgehead atoms. The second kappa shape index (κ2) is 14.5. The molecule has 5 amide bonds. The molecule has 0 radical (unpaired) electrons. The molecule has 11 nitrogen and oxygen atoms in total. The van der Waals surface area contributed by atoms with Gasteiger partial charge in [0.05, 0.1) is 6.61 Å². The highest BCUT2D eigenvalue weighted by Crippen LogP contribution is 2.12. The minimum atomic E-state index is -0.947. The van der Waals surface area contributed by atoms with Crippen molar-refractivity contribution in [3.05, 3.63) is 42.5 Å². The third kappa shape index (κ3) is 10.5. The van der Waals surface area contributed by atoms with Gasteiger partial charge in [-0.05, 0) is 36.5 Å². The summed E-state index contributed by atoms with van der Waals surface area (Å²) in [5, 5.41) is 19.4. The van der Waals surface area contributed by atoms with Gasteiger partial charge in [-0.3, -0.25) is 9.59 Å². The average Bonchev–Trinajstić information content (AvgIpc) is 2.77. The van der Waals surface area contributed by atoms with Crippen LogP contribution in [0.5, 0.6) is 0 Å². The molecule has 7 N–H and O–H groups in total. The number of nitrogens with one attached hydrogen (secondary N) is 4. The Hall–Kier alpha value is -3.60. The number of alkyl carbamates (subject to hydrolysis) is 1. The maximum Gasteiger partial charge on any atom is 0.408 e. The lowest BCUT2D eigenvalue weighted by Gasteiger charge is -2.25. The molecule has 0 aliphatic carbocycles. The molecule has 0 saturated heterocycles. The van der Waals surface area contributed by atoms with Gasteiger partial charge in [-0.25, -0.2) is 9.59 Å². The van der Waals surface area contributed by atoms with Crippen molar-refractivity contribution in [3.8, 4) is 0 Å². The number of primary amides is 1. The number of amides is 5. The summed E-state index contributed by atoms with van der Waals surface area (Å²) in [7, 11) is 0.